The Bertz CT molecular complexity index is 167. The van der Waals surface area contributed by atoms with Crippen LogP contribution in [0.15, 0.2) is 12.7 Å². The van der Waals surface area contributed by atoms with E-state index < -0.39 is 0 Å². The molecular weight excluding hydrogens is 190 g/mol. The molecule has 3 heteroatoms. The SMILES string of the molecule is C=CCCCCCC(N)CC1OCCO1. The zero-order chi connectivity index (χ0) is 10.9. The molecule has 0 saturated carbocycles. The summed E-state index contributed by atoms with van der Waals surface area (Å²) in [6.45, 7) is 5.14. The highest BCUT2D eigenvalue weighted by Crippen LogP contribution is 2.13. The maximum absolute atomic E-state index is 5.99. The minimum absolute atomic E-state index is 0.0480. The molecule has 0 radical (unpaired) electrons. The molecule has 0 spiro atoms. The van der Waals surface area contributed by atoms with Crippen LogP contribution in [-0.4, -0.2) is 25.5 Å². The van der Waals surface area contributed by atoms with Gasteiger partial charge in [-0.25, -0.2) is 0 Å². The number of unbranched alkanes of at least 4 members (excludes halogenated alkanes) is 3. The van der Waals surface area contributed by atoms with Crippen LogP contribution >= 0.6 is 0 Å². The van der Waals surface area contributed by atoms with Crippen LogP contribution in [0.1, 0.15) is 38.5 Å². The van der Waals surface area contributed by atoms with Crippen molar-refractivity contribution in [3.8, 4) is 0 Å². The highest BCUT2D eigenvalue weighted by molar-refractivity contribution is 4.68. The van der Waals surface area contributed by atoms with Crippen molar-refractivity contribution < 1.29 is 9.47 Å². The lowest BCUT2D eigenvalue weighted by atomic mass is 10.1. The first-order chi connectivity index (χ1) is 7.33. The second-order valence-electron chi connectivity index (χ2n) is 4.09. The van der Waals surface area contributed by atoms with E-state index in [1.54, 1.807) is 0 Å². The van der Waals surface area contributed by atoms with Crippen molar-refractivity contribution in [1.82, 2.24) is 0 Å². The maximum atomic E-state index is 5.99. The van der Waals surface area contributed by atoms with Crippen LogP contribution in [0, 0.1) is 0 Å². The van der Waals surface area contributed by atoms with E-state index in [4.69, 9.17) is 15.2 Å². The van der Waals surface area contributed by atoms with Crippen molar-refractivity contribution in [3.63, 3.8) is 0 Å². The van der Waals surface area contributed by atoms with Crippen LogP contribution in [0.2, 0.25) is 0 Å². The molecule has 0 aromatic rings. The lowest BCUT2D eigenvalue weighted by Gasteiger charge is -2.15. The van der Waals surface area contributed by atoms with Gasteiger partial charge in [0.05, 0.1) is 13.2 Å². The van der Waals surface area contributed by atoms with E-state index in [1.165, 1.54) is 19.3 Å². The molecule has 0 aromatic heterocycles. The third kappa shape index (κ3) is 5.92. The van der Waals surface area contributed by atoms with Crippen molar-refractivity contribution in [3.05, 3.63) is 12.7 Å². The van der Waals surface area contributed by atoms with Crippen LogP contribution in [0.25, 0.3) is 0 Å². The average Bonchev–Trinajstić information content (AvgIpc) is 2.70. The predicted molar refractivity (Wildman–Crippen MR) is 61.6 cm³/mol. The molecule has 0 amide bonds. The molecular formula is C12H23NO2. The molecule has 0 aromatic carbocycles. The fourth-order valence-corrected chi connectivity index (χ4v) is 1.78. The lowest BCUT2D eigenvalue weighted by molar-refractivity contribution is -0.0510. The highest BCUT2D eigenvalue weighted by atomic mass is 16.7. The summed E-state index contributed by atoms with van der Waals surface area (Å²) in [6, 6.07) is 0.219. The quantitative estimate of drug-likeness (QED) is 0.496. The fraction of sp³-hybridized carbons (Fsp3) is 0.833. The summed E-state index contributed by atoms with van der Waals surface area (Å²) < 4.78 is 10.7. The second-order valence-corrected chi connectivity index (χ2v) is 4.09. The molecule has 1 heterocycles. The van der Waals surface area contributed by atoms with Gasteiger partial charge in [0, 0.05) is 12.5 Å². The van der Waals surface area contributed by atoms with Gasteiger partial charge in [-0.3, -0.25) is 0 Å². The van der Waals surface area contributed by atoms with Crippen molar-refractivity contribution in [2.24, 2.45) is 5.73 Å². The topological polar surface area (TPSA) is 44.5 Å². The second kappa shape index (κ2) is 7.85. The summed E-state index contributed by atoms with van der Waals surface area (Å²) in [6.07, 6.45) is 8.61. The predicted octanol–water partition coefficient (Wildman–Crippen LogP) is 2.21. The molecule has 2 N–H and O–H groups in total. The van der Waals surface area contributed by atoms with E-state index in [-0.39, 0.29) is 12.3 Å². The van der Waals surface area contributed by atoms with Crippen LogP contribution in [-0.2, 0) is 9.47 Å². The molecule has 1 rings (SSSR count). The van der Waals surface area contributed by atoms with Gasteiger partial charge >= 0.3 is 0 Å². The smallest absolute Gasteiger partial charge is 0.159 e. The normalized spacial score (nSPS) is 19.3. The summed E-state index contributed by atoms with van der Waals surface area (Å²) in [4.78, 5) is 0. The summed E-state index contributed by atoms with van der Waals surface area (Å²) in [5, 5.41) is 0. The average molecular weight is 213 g/mol. The van der Waals surface area contributed by atoms with E-state index >= 15 is 0 Å². The van der Waals surface area contributed by atoms with Crippen LogP contribution in [0.3, 0.4) is 0 Å². The molecule has 1 fully saturated rings. The molecule has 1 aliphatic heterocycles. The zero-order valence-corrected chi connectivity index (χ0v) is 9.49. The Morgan fingerprint density at radius 1 is 1.27 bits per heavy atom. The minimum Gasteiger partial charge on any atom is -0.350 e. The summed E-state index contributed by atoms with van der Waals surface area (Å²) in [7, 11) is 0. The summed E-state index contributed by atoms with van der Waals surface area (Å²) in [5.74, 6) is 0. The van der Waals surface area contributed by atoms with Gasteiger partial charge in [0.25, 0.3) is 0 Å². The first kappa shape index (κ1) is 12.7. The number of hydrogen-bond acceptors (Lipinski definition) is 3. The Balaban J connectivity index is 1.93. The summed E-state index contributed by atoms with van der Waals surface area (Å²) in [5.41, 5.74) is 5.99. The third-order valence-corrected chi connectivity index (χ3v) is 2.67. The first-order valence-electron chi connectivity index (χ1n) is 5.92. The number of ether oxygens (including phenoxy) is 2. The molecule has 1 unspecified atom stereocenters. The first-order valence-corrected chi connectivity index (χ1v) is 5.92. The van der Waals surface area contributed by atoms with Gasteiger partial charge in [-0.05, 0) is 19.3 Å². The molecule has 0 bridgehead atoms. The highest BCUT2D eigenvalue weighted by Gasteiger charge is 2.18. The van der Waals surface area contributed by atoms with Gasteiger partial charge < -0.3 is 15.2 Å². The van der Waals surface area contributed by atoms with Gasteiger partial charge in [0.1, 0.15) is 0 Å². The number of nitrogens with two attached hydrogens (primary N) is 1. The van der Waals surface area contributed by atoms with Gasteiger partial charge in [-0.15, -0.1) is 6.58 Å². The van der Waals surface area contributed by atoms with Crippen molar-refractivity contribution in [1.29, 1.82) is 0 Å². The molecule has 0 aliphatic carbocycles. The van der Waals surface area contributed by atoms with Crippen LogP contribution in [0.5, 0.6) is 0 Å². The Labute approximate surface area is 92.6 Å². The Hall–Kier alpha value is -0.380. The van der Waals surface area contributed by atoms with Gasteiger partial charge in [-0.2, -0.15) is 0 Å². The Kier molecular flexibility index (Phi) is 6.64. The molecule has 1 atom stereocenters. The fourth-order valence-electron chi connectivity index (χ4n) is 1.78. The molecule has 88 valence electrons. The van der Waals surface area contributed by atoms with Crippen molar-refractivity contribution in [2.75, 3.05) is 13.2 Å². The van der Waals surface area contributed by atoms with E-state index in [0.29, 0.717) is 0 Å². The van der Waals surface area contributed by atoms with Crippen LogP contribution < -0.4 is 5.73 Å². The van der Waals surface area contributed by atoms with E-state index in [9.17, 15) is 0 Å². The lowest BCUT2D eigenvalue weighted by Crippen LogP contribution is -2.26. The number of rotatable bonds is 8. The van der Waals surface area contributed by atoms with E-state index in [1.807, 2.05) is 6.08 Å². The van der Waals surface area contributed by atoms with E-state index in [2.05, 4.69) is 6.58 Å². The maximum Gasteiger partial charge on any atom is 0.159 e. The molecule has 1 aliphatic rings. The zero-order valence-electron chi connectivity index (χ0n) is 9.49. The molecule has 1 saturated heterocycles. The van der Waals surface area contributed by atoms with Gasteiger partial charge in [0.2, 0.25) is 0 Å². The van der Waals surface area contributed by atoms with Crippen molar-refractivity contribution in [2.45, 2.75) is 50.9 Å². The van der Waals surface area contributed by atoms with Crippen molar-refractivity contribution >= 4 is 0 Å². The summed E-state index contributed by atoms with van der Waals surface area (Å²) >= 11 is 0. The minimum atomic E-state index is -0.0480. The van der Waals surface area contributed by atoms with Crippen LogP contribution in [0.4, 0.5) is 0 Å². The number of hydrogen-bond donors (Lipinski definition) is 1. The standard InChI is InChI=1S/C12H23NO2/c1-2-3-4-5-6-7-11(13)10-12-14-8-9-15-12/h2,11-12H,1,3-10,13H2. The van der Waals surface area contributed by atoms with E-state index in [0.717, 1.165) is 32.5 Å². The van der Waals surface area contributed by atoms with Gasteiger partial charge in [0.15, 0.2) is 6.29 Å². The third-order valence-electron chi connectivity index (χ3n) is 2.67. The molecule has 3 nitrogen and oxygen atoms in total. The van der Waals surface area contributed by atoms with Gasteiger partial charge in [-0.1, -0.05) is 18.9 Å². The molecule has 15 heavy (non-hydrogen) atoms. The number of allylic oxidation sites excluding steroid dienone is 1. The Morgan fingerprint density at radius 2 is 2.00 bits per heavy atom. The Morgan fingerprint density at radius 3 is 2.67 bits per heavy atom. The monoisotopic (exact) mass is 213 g/mol. The largest absolute Gasteiger partial charge is 0.350 e.